The fraction of sp³-hybridized carbons (Fsp3) is 0.333. The number of aryl methyl sites for hydroxylation is 1. The third kappa shape index (κ3) is 3.29. The number of nitrogen functional groups attached to an aromatic ring is 1. The van der Waals surface area contributed by atoms with Crippen molar-refractivity contribution in [2.24, 2.45) is 0 Å². The van der Waals surface area contributed by atoms with Gasteiger partial charge in [-0.3, -0.25) is 4.90 Å². The van der Waals surface area contributed by atoms with E-state index in [2.05, 4.69) is 14.9 Å². The van der Waals surface area contributed by atoms with Crippen molar-refractivity contribution in [1.29, 1.82) is 0 Å². The smallest absolute Gasteiger partial charge is 0.144 e. The van der Waals surface area contributed by atoms with E-state index < -0.39 is 0 Å². The van der Waals surface area contributed by atoms with Crippen molar-refractivity contribution in [3.8, 4) is 0 Å². The maximum absolute atomic E-state index is 5.60. The lowest BCUT2D eigenvalue weighted by Crippen LogP contribution is -2.18. The molecular formula is C12H16N4O. The zero-order valence-electron chi connectivity index (χ0n) is 10.1. The van der Waals surface area contributed by atoms with Gasteiger partial charge in [0.25, 0.3) is 0 Å². The van der Waals surface area contributed by atoms with Gasteiger partial charge in [0.2, 0.25) is 0 Å². The zero-order valence-corrected chi connectivity index (χ0v) is 10.1. The minimum Gasteiger partial charge on any atom is -0.465 e. The Labute approximate surface area is 100 Å². The second-order valence-electron chi connectivity index (χ2n) is 4.08. The van der Waals surface area contributed by atoms with Gasteiger partial charge in [-0.15, -0.1) is 0 Å². The maximum atomic E-state index is 5.60. The second-order valence-corrected chi connectivity index (χ2v) is 4.08. The Hall–Kier alpha value is -1.88. The average molecular weight is 232 g/mol. The molecule has 2 N–H and O–H groups in total. The summed E-state index contributed by atoms with van der Waals surface area (Å²) in [6.45, 7) is 3.31. The minimum atomic E-state index is 0.497. The summed E-state index contributed by atoms with van der Waals surface area (Å²) in [5.41, 5.74) is 5.60. The van der Waals surface area contributed by atoms with Crippen LogP contribution in [-0.4, -0.2) is 21.9 Å². The molecule has 2 aromatic rings. The van der Waals surface area contributed by atoms with Gasteiger partial charge in [-0.25, -0.2) is 9.97 Å². The molecular weight excluding hydrogens is 216 g/mol. The first-order valence-corrected chi connectivity index (χ1v) is 5.45. The van der Waals surface area contributed by atoms with Gasteiger partial charge in [-0.1, -0.05) is 0 Å². The van der Waals surface area contributed by atoms with E-state index in [1.54, 1.807) is 12.3 Å². The molecule has 0 aliphatic rings. The van der Waals surface area contributed by atoms with Crippen LogP contribution in [0.5, 0.6) is 0 Å². The SMILES string of the molecule is Cc1ccc(CN(C)Cc2nccc(N)n2)o1. The molecule has 0 fully saturated rings. The quantitative estimate of drug-likeness (QED) is 0.867. The molecule has 2 aromatic heterocycles. The molecule has 0 saturated heterocycles. The van der Waals surface area contributed by atoms with Crippen LogP contribution in [0.25, 0.3) is 0 Å². The van der Waals surface area contributed by atoms with E-state index in [0.717, 1.165) is 23.9 Å². The van der Waals surface area contributed by atoms with Gasteiger partial charge in [0.15, 0.2) is 0 Å². The summed E-state index contributed by atoms with van der Waals surface area (Å²) in [6, 6.07) is 5.62. The second kappa shape index (κ2) is 4.97. The summed E-state index contributed by atoms with van der Waals surface area (Å²) in [5, 5.41) is 0. The molecule has 0 spiro atoms. The van der Waals surface area contributed by atoms with Crippen LogP contribution >= 0.6 is 0 Å². The third-order valence-corrected chi connectivity index (χ3v) is 2.36. The fourth-order valence-electron chi connectivity index (χ4n) is 1.62. The highest BCUT2D eigenvalue weighted by atomic mass is 16.3. The normalized spacial score (nSPS) is 11.0. The summed E-state index contributed by atoms with van der Waals surface area (Å²) in [6.07, 6.45) is 1.67. The lowest BCUT2D eigenvalue weighted by Gasteiger charge is -2.13. The van der Waals surface area contributed by atoms with Gasteiger partial charge in [0.1, 0.15) is 23.2 Å². The molecule has 0 saturated carbocycles. The molecule has 2 rings (SSSR count). The molecule has 17 heavy (non-hydrogen) atoms. The van der Waals surface area contributed by atoms with Gasteiger partial charge < -0.3 is 10.2 Å². The number of hydrogen-bond acceptors (Lipinski definition) is 5. The molecule has 5 nitrogen and oxygen atoms in total. The van der Waals surface area contributed by atoms with Crippen LogP contribution in [-0.2, 0) is 13.1 Å². The zero-order chi connectivity index (χ0) is 12.3. The first kappa shape index (κ1) is 11.6. The lowest BCUT2D eigenvalue weighted by molar-refractivity contribution is 0.279. The lowest BCUT2D eigenvalue weighted by atomic mass is 10.4. The monoisotopic (exact) mass is 232 g/mol. The van der Waals surface area contributed by atoms with Crippen molar-refractivity contribution >= 4 is 5.82 Å². The summed E-state index contributed by atoms with van der Waals surface area (Å²) in [5.74, 6) is 3.08. The maximum Gasteiger partial charge on any atom is 0.144 e. The molecule has 5 heteroatoms. The molecule has 0 unspecified atom stereocenters. The van der Waals surface area contributed by atoms with E-state index in [9.17, 15) is 0 Å². The summed E-state index contributed by atoms with van der Waals surface area (Å²) >= 11 is 0. The van der Waals surface area contributed by atoms with Crippen molar-refractivity contribution in [3.63, 3.8) is 0 Å². The number of furan rings is 1. The average Bonchev–Trinajstić information content (AvgIpc) is 2.63. The van der Waals surface area contributed by atoms with Gasteiger partial charge in [0.05, 0.1) is 13.1 Å². The first-order chi connectivity index (χ1) is 8.13. The molecule has 0 aromatic carbocycles. The molecule has 0 bridgehead atoms. The Bertz CT molecular complexity index is 495. The predicted molar refractivity (Wildman–Crippen MR) is 65.1 cm³/mol. The molecule has 2 heterocycles. The van der Waals surface area contributed by atoms with Crippen LogP contribution in [0.15, 0.2) is 28.8 Å². The highest BCUT2D eigenvalue weighted by Gasteiger charge is 2.06. The number of rotatable bonds is 4. The summed E-state index contributed by atoms with van der Waals surface area (Å²) < 4.78 is 5.51. The van der Waals surface area contributed by atoms with Gasteiger partial charge in [0, 0.05) is 6.20 Å². The molecule has 0 aliphatic carbocycles. The number of nitrogens with two attached hydrogens (primary N) is 1. The van der Waals surface area contributed by atoms with Crippen LogP contribution in [0.2, 0.25) is 0 Å². The topological polar surface area (TPSA) is 68.2 Å². The Kier molecular flexibility index (Phi) is 3.39. The number of anilines is 1. The molecule has 0 atom stereocenters. The van der Waals surface area contributed by atoms with Crippen LogP contribution in [0, 0.1) is 6.92 Å². The van der Waals surface area contributed by atoms with Gasteiger partial charge >= 0.3 is 0 Å². The third-order valence-electron chi connectivity index (χ3n) is 2.36. The largest absolute Gasteiger partial charge is 0.465 e. The Morgan fingerprint density at radius 3 is 2.76 bits per heavy atom. The van der Waals surface area contributed by atoms with Crippen LogP contribution in [0.4, 0.5) is 5.82 Å². The number of hydrogen-bond donors (Lipinski definition) is 1. The molecule has 0 radical (unpaired) electrons. The van der Waals surface area contributed by atoms with Crippen molar-refractivity contribution in [1.82, 2.24) is 14.9 Å². The van der Waals surface area contributed by atoms with E-state index in [1.165, 1.54) is 0 Å². The Balaban J connectivity index is 1.95. The number of nitrogens with zero attached hydrogens (tertiary/aromatic N) is 3. The van der Waals surface area contributed by atoms with Crippen LogP contribution in [0.3, 0.4) is 0 Å². The van der Waals surface area contributed by atoms with Crippen LogP contribution in [0.1, 0.15) is 17.3 Å². The van der Waals surface area contributed by atoms with Crippen molar-refractivity contribution in [2.45, 2.75) is 20.0 Å². The molecule has 0 aliphatic heterocycles. The Morgan fingerprint density at radius 1 is 1.29 bits per heavy atom. The highest BCUT2D eigenvalue weighted by molar-refractivity contribution is 5.24. The highest BCUT2D eigenvalue weighted by Crippen LogP contribution is 2.10. The van der Waals surface area contributed by atoms with E-state index in [0.29, 0.717) is 12.4 Å². The summed E-state index contributed by atoms with van der Waals surface area (Å²) in [4.78, 5) is 10.4. The summed E-state index contributed by atoms with van der Waals surface area (Å²) in [7, 11) is 1.99. The van der Waals surface area contributed by atoms with E-state index >= 15 is 0 Å². The molecule has 0 amide bonds. The standard InChI is InChI=1S/C12H16N4O/c1-9-3-4-10(17-9)7-16(2)8-12-14-6-5-11(13)15-12/h3-6H,7-8H2,1-2H3,(H2,13,14,15). The van der Waals surface area contributed by atoms with Crippen LogP contribution < -0.4 is 5.73 Å². The predicted octanol–water partition coefficient (Wildman–Crippen LogP) is 1.59. The van der Waals surface area contributed by atoms with Crippen molar-refractivity contribution in [2.75, 3.05) is 12.8 Å². The Morgan fingerprint density at radius 2 is 2.12 bits per heavy atom. The van der Waals surface area contributed by atoms with E-state index in [1.807, 2.05) is 26.1 Å². The van der Waals surface area contributed by atoms with E-state index in [4.69, 9.17) is 10.2 Å². The number of aromatic nitrogens is 2. The molecule has 90 valence electrons. The van der Waals surface area contributed by atoms with Gasteiger partial charge in [-0.05, 0) is 32.2 Å². The minimum absolute atomic E-state index is 0.497. The van der Waals surface area contributed by atoms with Crippen molar-refractivity contribution in [3.05, 3.63) is 41.7 Å². The first-order valence-electron chi connectivity index (χ1n) is 5.45. The van der Waals surface area contributed by atoms with Gasteiger partial charge in [-0.2, -0.15) is 0 Å². The van der Waals surface area contributed by atoms with Crippen molar-refractivity contribution < 1.29 is 4.42 Å². The van der Waals surface area contributed by atoms with E-state index in [-0.39, 0.29) is 0 Å². The fourth-order valence-corrected chi connectivity index (χ4v) is 1.62.